The third-order valence-electron chi connectivity index (χ3n) is 4.68. The van der Waals surface area contributed by atoms with Crippen molar-refractivity contribution in [3.05, 3.63) is 29.8 Å². The molecule has 1 aromatic rings. The van der Waals surface area contributed by atoms with Crippen molar-refractivity contribution in [2.75, 3.05) is 5.32 Å². The van der Waals surface area contributed by atoms with Crippen molar-refractivity contribution in [1.82, 2.24) is 0 Å². The molecule has 3 atom stereocenters. The van der Waals surface area contributed by atoms with Gasteiger partial charge in [0.15, 0.2) is 0 Å². The first-order chi connectivity index (χ1) is 9.47. The number of hydrogen-bond donors (Lipinski definition) is 1. The molecule has 2 heteroatoms. The zero-order valence-electron chi connectivity index (χ0n) is 13.1. The number of carbonyl (C=O) groups excluding carboxylic acids is 1. The Bertz CT molecular complexity index is 449. The van der Waals surface area contributed by atoms with Crippen molar-refractivity contribution in [1.29, 1.82) is 0 Å². The van der Waals surface area contributed by atoms with Crippen LogP contribution in [0.1, 0.15) is 45.6 Å². The predicted molar refractivity (Wildman–Crippen MR) is 84.6 cm³/mol. The highest BCUT2D eigenvalue weighted by Crippen LogP contribution is 2.38. The van der Waals surface area contributed by atoms with Crippen LogP contribution in [0.15, 0.2) is 24.3 Å². The molecule has 110 valence electrons. The van der Waals surface area contributed by atoms with Crippen LogP contribution in [0.3, 0.4) is 0 Å². The Morgan fingerprint density at radius 1 is 1.20 bits per heavy atom. The van der Waals surface area contributed by atoms with E-state index < -0.39 is 0 Å². The van der Waals surface area contributed by atoms with Crippen LogP contribution >= 0.6 is 0 Å². The van der Waals surface area contributed by atoms with Gasteiger partial charge in [-0.25, -0.2) is 0 Å². The second kappa shape index (κ2) is 6.43. The highest BCUT2D eigenvalue weighted by molar-refractivity contribution is 5.92. The zero-order valence-corrected chi connectivity index (χ0v) is 13.1. The molecule has 1 aliphatic rings. The molecule has 0 aromatic heterocycles. The highest BCUT2D eigenvalue weighted by atomic mass is 16.1. The minimum absolute atomic E-state index is 0.167. The predicted octanol–water partition coefficient (Wildman–Crippen LogP) is 4.64. The molecule has 1 fully saturated rings. The fourth-order valence-electron chi connectivity index (χ4n) is 3.38. The smallest absolute Gasteiger partial charge is 0.227 e. The number of carbonyl (C=O) groups is 1. The molecule has 1 N–H and O–H groups in total. The first-order valence-corrected chi connectivity index (χ1v) is 7.85. The molecular weight excluding hydrogens is 246 g/mol. The quantitative estimate of drug-likeness (QED) is 0.854. The van der Waals surface area contributed by atoms with E-state index >= 15 is 0 Å². The van der Waals surface area contributed by atoms with Crippen LogP contribution in [0.5, 0.6) is 0 Å². The normalized spacial score (nSPS) is 26.6. The maximum atomic E-state index is 12.6. The minimum atomic E-state index is 0.167. The summed E-state index contributed by atoms with van der Waals surface area (Å²) in [5.74, 6) is 2.14. The topological polar surface area (TPSA) is 29.1 Å². The molecule has 0 saturated heterocycles. The maximum absolute atomic E-state index is 12.6. The maximum Gasteiger partial charge on any atom is 0.227 e. The molecule has 1 saturated carbocycles. The number of amides is 1. The van der Waals surface area contributed by atoms with E-state index in [1.165, 1.54) is 18.4 Å². The van der Waals surface area contributed by atoms with Crippen molar-refractivity contribution in [3.63, 3.8) is 0 Å². The van der Waals surface area contributed by atoms with Crippen molar-refractivity contribution in [2.24, 2.45) is 23.7 Å². The molecule has 20 heavy (non-hydrogen) atoms. The lowest BCUT2D eigenvalue weighted by molar-refractivity contribution is -0.123. The summed E-state index contributed by atoms with van der Waals surface area (Å²) >= 11 is 0. The fourth-order valence-corrected chi connectivity index (χ4v) is 3.38. The molecular formula is C18H27NO. The van der Waals surface area contributed by atoms with E-state index in [2.05, 4.69) is 33.0 Å². The third-order valence-corrected chi connectivity index (χ3v) is 4.68. The Morgan fingerprint density at radius 3 is 2.45 bits per heavy atom. The Labute approximate surface area is 123 Å². The number of benzene rings is 1. The van der Waals surface area contributed by atoms with Gasteiger partial charge in [-0.1, -0.05) is 44.9 Å². The number of aryl methyl sites for hydroxylation is 1. The van der Waals surface area contributed by atoms with Crippen LogP contribution in [0.25, 0.3) is 0 Å². The molecule has 0 heterocycles. The Hall–Kier alpha value is -1.31. The van der Waals surface area contributed by atoms with Gasteiger partial charge in [0.2, 0.25) is 5.91 Å². The first-order valence-electron chi connectivity index (χ1n) is 7.85. The molecule has 0 spiro atoms. The summed E-state index contributed by atoms with van der Waals surface area (Å²) in [5, 5.41) is 3.11. The van der Waals surface area contributed by atoms with E-state index in [0.29, 0.717) is 17.8 Å². The van der Waals surface area contributed by atoms with E-state index in [4.69, 9.17) is 0 Å². The van der Waals surface area contributed by atoms with Crippen LogP contribution in [-0.2, 0) is 4.79 Å². The van der Waals surface area contributed by atoms with Crippen LogP contribution in [-0.4, -0.2) is 5.91 Å². The van der Waals surface area contributed by atoms with Crippen molar-refractivity contribution in [2.45, 2.75) is 47.0 Å². The summed E-state index contributed by atoms with van der Waals surface area (Å²) in [6.45, 7) is 8.81. The van der Waals surface area contributed by atoms with Gasteiger partial charge in [0, 0.05) is 11.6 Å². The zero-order chi connectivity index (χ0) is 14.7. The molecule has 2 rings (SSSR count). The fraction of sp³-hybridized carbons (Fsp3) is 0.611. The number of hydrogen-bond acceptors (Lipinski definition) is 1. The second-order valence-corrected chi connectivity index (χ2v) is 6.79. The van der Waals surface area contributed by atoms with E-state index in [9.17, 15) is 4.79 Å². The largest absolute Gasteiger partial charge is 0.326 e. The third kappa shape index (κ3) is 3.62. The SMILES string of the molecule is Cc1ccc(NC(=O)C2CC(C)CCC2C(C)C)cc1. The van der Waals surface area contributed by atoms with Crippen LogP contribution in [0.2, 0.25) is 0 Å². The molecule has 1 amide bonds. The summed E-state index contributed by atoms with van der Waals surface area (Å²) in [5.41, 5.74) is 2.13. The van der Waals surface area contributed by atoms with Crippen LogP contribution in [0, 0.1) is 30.6 Å². The lowest BCUT2D eigenvalue weighted by Crippen LogP contribution is -2.36. The Kier molecular flexibility index (Phi) is 4.85. The first kappa shape index (κ1) is 15.1. The average Bonchev–Trinajstić information content (AvgIpc) is 2.41. The molecule has 0 aliphatic heterocycles. The molecule has 0 bridgehead atoms. The molecule has 1 aliphatic carbocycles. The standard InChI is InChI=1S/C18H27NO/c1-12(2)16-10-7-14(4)11-17(16)18(20)19-15-8-5-13(3)6-9-15/h5-6,8-9,12,14,16-17H,7,10-11H2,1-4H3,(H,19,20). The summed E-state index contributed by atoms with van der Waals surface area (Å²) < 4.78 is 0. The number of nitrogens with one attached hydrogen (secondary N) is 1. The summed E-state index contributed by atoms with van der Waals surface area (Å²) in [6, 6.07) is 8.06. The summed E-state index contributed by atoms with van der Waals surface area (Å²) in [7, 11) is 0. The van der Waals surface area contributed by atoms with E-state index in [0.717, 1.165) is 12.1 Å². The van der Waals surface area contributed by atoms with E-state index in [1.807, 2.05) is 24.3 Å². The summed E-state index contributed by atoms with van der Waals surface area (Å²) in [4.78, 5) is 12.6. The lowest BCUT2D eigenvalue weighted by Gasteiger charge is -2.36. The van der Waals surface area contributed by atoms with Crippen molar-refractivity contribution < 1.29 is 4.79 Å². The summed E-state index contributed by atoms with van der Waals surface area (Å²) in [6.07, 6.45) is 3.47. The van der Waals surface area contributed by atoms with Crippen molar-refractivity contribution in [3.8, 4) is 0 Å². The second-order valence-electron chi connectivity index (χ2n) is 6.79. The molecule has 2 nitrogen and oxygen atoms in total. The van der Waals surface area contributed by atoms with Gasteiger partial charge in [0.05, 0.1) is 0 Å². The van der Waals surface area contributed by atoms with E-state index in [-0.39, 0.29) is 11.8 Å². The number of rotatable bonds is 3. The van der Waals surface area contributed by atoms with Crippen molar-refractivity contribution >= 4 is 11.6 Å². The van der Waals surface area contributed by atoms with Crippen LogP contribution < -0.4 is 5.32 Å². The van der Waals surface area contributed by atoms with Gasteiger partial charge < -0.3 is 5.32 Å². The average molecular weight is 273 g/mol. The molecule has 0 radical (unpaired) electrons. The highest BCUT2D eigenvalue weighted by Gasteiger charge is 2.35. The monoisotopic (exact) mass is 273 g/mol. The minimum Gasteiger partial charge on any atom is -0.326 e. The van der Waals surface area contributed by atoms with Crippen LogP contribution in [0.4, 0.5) is 5.69 Å². The number of anilines is 1. The van der Waals surface area contributed by atoms with Gasteiger partial charge in [-0.15, -0.1) is 0 Å². The Morgan fingerprint density at radius 2 is 1.85 bits per heavy atom. The molecule has 1 aromatic carbocycles. The Balaban J connectivity index is 2.07. The van der Waals surface area contributed by atoms with E-state index in [1.54, 1.807) is 0 Å². The van der Waals surface area contributed by atoms with Gasteiger partial charge >= 0.3 is 0 Å². The van der Waals surface area contributed by atoms with Gasteiger partial charge in [0.25, 0.3) is 0 Å². The molecule has 3 unspecified atom stereocenters. The van der Waals surface area contributed by atoms with Gasteiger partial charge in [0.1, 0.15) is 0 Å². The van der Waals surface area contributed by atoms with Gasteiger partial charge in [-0.2, -0.15) is 0 Å². The van der Waals surface area contributed by atoms with Gasteiger partial charge in [-0.05, 0) is 49.7 Å². The van der Waals surface area contributed by atoms with Gasteiger partial charge in [-0.3, -0.25) is 4.79 Å². The lowest BCUT2D eigenvalue weighted by atomic mass is 9.70.